The van der Waals surface area contributed by atoms with Gasteiger partial charge in [-0.1, -0.05) is 29.8 Å². The fourth-order valence-electron chi connectivity index (χ4n) is 4.09. The molecule has 0 radical (unpaired) electrons. The zero-order chi connectivity index (χ0) is 24.0. The lowest BCUT2D eigenvalue weighted by Crippen LogP contribution is -2.32. The van der Waals surface area contributed by atoms with Crippen LogP contribution in [0.25, 0.3) is 22.0 Å². The molecule has 0 fully saturated rings. The normalized spacial score (nSPS) is 15.0. The van der Waals surface area contributed by atoms with Crippen molar-refractivity contribution in [2.24, 2.45) is 0 Å². The highest BCUT2D eigenvalue weighted by Crippen LogP contribution is 2.37. The molecule has 1 unspecified atom stereocenters. The molecule has 0 bridgehead atoms. The second-order valence-electron chi connectivity index (χ2n) is 7.75. The van der Waals surface area contributed by atoms with E-state index < -0.39 is 40.3 Å². The minimum absolute atomic E-state index is 0.0154. The second kappa shape index (κ2) is 8.61. The van der Waals surface area contributed by atoms with E-state index in [1.807, 2.05) is 24.3 Å². The number of amides is 1. The van der Waals surface area contributed by atoms with Crippen molar-refractivity contribution in [2.75, 3.05) is 6.61 Å². The van der Waals surface area contributed by atoms with Crippen LogP contribution in [-0.4, -0.2) is 17.5 Å². The summed E-state index contributed by atoms with van der Waals surface area (Å²) in [6, 6.07) is 10.3. The lowest BCUT2D eigenvalue weighted by molar-refractivity contribution is 0.0924. The van der Waals surface area contributed by atoms with E-state index in [2.05, 4.69) is 10.3 Å². The molecule has 5 rings (SSSR count). The van der Waals surface area contributed by atoms with Gasteiger partial charge in [-0.05, 0) is 24.3 Å². The number of carbonyl (C=O) groups is 1. The van der Waals surface area contributed by atoms with Gasteiger partial charge in [-0.25, -0.2) is 17.6 Å². The highest BCUT2D eigenvalue weighted by atomic mass is 35.5. The molecule has 1 aliphatic heterocycles. The van der Waals surface area contributed by atoms with E-state index in [9.17, 15) is 22.4 Å². The van der Waals surface area contributed by atoms with E-state index in [4.69, 9.17) is 16.3 Å². The highest BCUT2D eigenvalue weighted by molar-refractivity contribution is 6.38. The van der Waals surface area contributed by atoms with Gasteiger partial charge in [0, 0.05) is 40.8 Å². The van der Waals surface area contributed by atoms with E-state index >= 15 is 0 Å². The molecular formula is C25H15ClF4N2O2. The molecule has 1 N–H and O–H groups in total. The molecule has 0 saturated heterocycles. The molecule has 3 aromatic carbocycles. The van der Waals surface area contributed by atoms with Gasteiger partial charge in [-0.2, -0.15) is 0 Å². The summed E-state index contributed by atoms with van der Waals surface area (Å²) in [6.07, 6.45) is 1.67. The van der Waals surface area contributed by atoms with Gasteiger partial charge in [0.05, 0.1) is 28.8 Å². The van der Waals surface area contributed by atoms with Crippen LogP contribution in [0.3, 0.4) is 0 Å². The van der Waals surface area contributed by atoms with Crippen molar-refractivity contribution in [3.8, 4) is 16.9 Å². The molecule has 1 atom stereocenters. The third-order valence-electron chi connectivity index (χ3n) is 5.69. The molecule has 34 heavy (non-hydrogen) atoms. The number of halogens is 5. The largest absolute Gasteiger partial charge is 0.493 e. The Balaban J connectivity index is 1.57. The number of rotatable bonds is 3. The molecule has 1 aromatic heterocycles. The van der Waals surface area contributed by atoms with E-state index in [1.165, 1.54) is 6.07 Å². The van der Waals surface area contributed by atoms with Crippen molar-refractivity contribution in [3.05, 3.63) is 94.1 Å². The smallest absolute Gasteiger partial charge is 0.254 e. The number of hydrogen-bond acceptors (Lipinski definition) is 3. The summed E-state index contributed by atoms with van der Waals surface area (Å²) in [4.78, 5) is 17.2. The zero-order valence-electron chi connectivity index (χ0n) is 17.3. The molecule has 4 aromatic rings. The first-order valence-corrected chi connectivity index (χ1v) is 10.7. The topological polar surface area (TPSA) is 51.2 Å². The first-order valence-electron chi connectivity index (χ1n) is 10.3. The number of benzene rings is 3. The SMILES string of the molecule is O=C(NC1CCOc2ccccc21)c1cnc2c(-c3cc(F)cc(F)c3F)c(F)ccc2c1Cl. The zero-order valence-corrected chi connectivity index (χ0v) is 18.1. The van der Waals surface area contributed by atoms with Crippen LogP contribution in [0, 0.1) is 23.3 Å². The predicted octanol–water partition coefficient (Wildman–Crippen LogP) is 6.37. The Bertz CT molecular complexity index is 1460. The van der Waals surface area contributed by atoms with Gasteiger partial charge in [0.2, 0.25) is 0 Å². The number of hydrogen-bond donors (Lipinski definition) is 1. The van der Waals surface area contributed by atoms with Crippen LogP contribution in [-0.2, 0) is 0 Å². The number of nitrogens with zero attached hydrogens (tertiary/aromatic N) is 1. The summed E-state index contributed by atoms with van der Waals surface area (Å²) in [5, 5.41) is 2.97. The summed E-state index contributed by atoms with van der Waals surface area (Å²) < 4.78 is 62.3. The maximum absolute atomic E-state index is 14.7. The number of pyridine rings is 1. The monoisotopic (exact) mass is 486 g/mol. The number of carbonyl (C=O) groups excluding carboxylic acids is 1. The minimum Gasteiger partial charge on any atom is -0.493 e. The number of aromatic nitrogens is 1. The van der Waals surface area contributed by atoms with Crippen molar-refractivity contribution in [1.29, 1.82) is 0 Å². The predicted molar refractivity (Wildman–Crippen MR) is 119 cm³/mol. The third-order valence-corrected chi connectivity index (χ3v) is 6.10. The molecule has 0 aliphatic carbocycles. The summed E-state index contributed by atoms with van der Waals surface area (Å²) >= 11 is 6.48. The standard InChI is InChI=1S/C25H15ClF4N2O2/c26-22-14-5-6-17(28)21(15-9-12(27)10-18(29)23(15)30)24(14)31-11-16(22)25(33)32-19-7-8-34-20-4-2-1-3-13(19)20/h1-6,9-11,19H,7-8H2,(H,32,33). The molecular weight excluding hydrogens is 472 g/mol. The quantitative estimate of drug-likeness (QED) is 0.270. The van der Waals surface area contributed by atoms with E-state index in [1.54, 1.807) is 0 Å². The van der Waals surface area contributed by atoms with Crippen molar-refractivity contribution in [3.63, 3.8) is 0 Å². The van der Waals surface area contributed by atoms with Gasteiger partial charge in [-0.15, -0.1) is 0 Å². The van der Waals surface area contributed by atoms with Crippen LogP contribution in [0.5, 0.6) is 5.75 Å². The number of para-hydroxylation sites is 1. The summed E-state index contributed by atoms with van der Waals surface area (Å²) in [5.74, 6) is -4.77. The van der Waals surface area contributed by atoms with E-state index in [0.717, 1.165) is 17.8 Å². The number of nitrogens with one attached hydrogen (secondary N) is 1. The Hall–Kier alpha value is -3.65. The summed E-state index contributed by atoms with van der Waals surface area (Å²) in [6.45, 7) is 0.421. The number of ether oxygens (including phenoxy) is 1. The molecule has 172 valence electrons. The van der Waals surface area contributed by atoms with Crippen LogP contribution in [0.2, 0.25) is 5.02 Å². The molecule has 0 spiro atoms. The van der Waals surface area contributed by atoms with Crippen LogP contribution >= 0.6 is 11.6 Å². The van der Waals surface area contributed by atoms with Crippen molar-refractivity contribution in [2.45, 2.75) is 12.5 Å². The molecule has 0 saturated carbocycles. The van der Waals surface area contributed by atoms with E-state index in [0.29, 0.717) is 30.9 Å². The van der Waals surface area contributed by atoms with Crippen molar-refractivity contribution in [1.82, 2.24) is 10.3 Å². The van der Waals surface area contributed by atoms with Crippen molar-refractivity contribution >= 4 is 28.4 Å². The second-order valence-corrected chi connectivity index (χ2v) is 8.13. The fraction of sp³-hybridized carbons (Fsp3) is 0.120. The molecule has 1 aliphatic rings. The van der Waals surface area contributed by atoms with Gasteiger partial charge in [0.15, 0.2) is 11.6 Å². The number of fused-ring (bicyclic) bond motifs is 2. The molecule has 9 heteroatoms. The van der Waals surface area contributed by atoms with Gasteiger partial charge in [-0.3, -0.25) is 9.78 Å². The summed E-state index contributed by atoms with van der Waals surface area (Å²) in [5.41, 5.74) is -0.399. The third kappa shape index (κ3) is 3.74. The lowest BCUT2D eigenvalue weighted by atomic mass is 9.98. The first kappa shape index (κ1) is 22.2. The van der Waals surface area contributed by atoms with Crippen LogP contribution in [0.1, 0.15) is 28.4 Å². The maximum Gasteiger partial charge on any atom is 0.254 e. The highest BCUT2D eigenvalue weighted by Gasteiger charge is 2.26. The van der Waals surface area contributed by atoms with Gasteiger partial charge < -0.3 is 10.1 Å². The Morgan fingerprint density at radius 1 is 1.06 bits per heavy atom. The first-order chi connectivity index (χ1) is 16.3. The van der Waals surface area contributed by atoms with Crippen LogP contribution in [0.15, 0.2) is 54.7 Å². The van der Waals surface area contributed by atoms with E-state index in [-0.39, 0.29) is 27.5 Å². The lowest BCUT2D eigenvalue weighted by Gasteiger charge is -2.26. The minimum atomic E-state index is -1.47. The van der Waals surface area contributed by atoms with Gasteiger partial charge in [0.1, 0.15) is 17.4 Å². The Morgan fingerprint density at radius 2 is 1.85 bits per heavy atom. The Morgan fingerprint density at radius 3 is 2.68 bits per heavy atom. The average molecular weight is 487 g/mol. The molecule has 4 nitrogen and oxygen atoms in total. The van der Waals surface area contributed by atoms with Gasteiger partial charge in [0.25, 0.3) is 5.91 Å². The Kier molecular flexibility index (Phi) is 5.61. The molecule has 2 heterocycles. The van der Waals surface area contributed by atoms with Crippen LogP contribution in [0.4, 0.5) is 17.6 Å². The molecule has 1 amide bonds. The fourth-order valence-corrected chi connectivity index (χ4v) is 4.38. The Labute approximate surface area is 196 Å². The summed E-state index contributed by atoms with van der Waals surface area (Å²) in [7, 11) is 0. The maximum atomic E-state index is 14.7. The van der Waals surface area contributed by atoms with Crippen LogP contribution < -0.4 is 10.1 Å². The average Bonchev–Trinajstić information content (AvgIpc) is 2.82. The van der Waals surface area contributed by atoms with Crippen molar-refractivity contribution < 1.29 is 27.1 Å². The van der Waals surface area contributed by atoms with Gasteiger partial charge >= 0.3 is 0 Å².